The molecule has 0 saturated carbocycles. The van der Waals surface area contributed by atoms with Crippen LogP contribution < -0.4 is 5.32 Å². The minimum absolute atomic E-state index is 0.0766. The van der Waals surface area contributed by atoms with Crippen LogP contribution in [0.25, 0.3) is 6.08 Å². The molecule has 0 atom stereocenters. The van der Waals surface area contributed by atoms with Gasteiger partial charge in [0, 0.05) is 24.4 Å². The largest absolute Gasteiger partial charge is 0.354 e. The summed E-state index contributed by atoms with van der Waals surface area (Å²) in [5.41, 5.74) is 1.14. The standard InChI is InChI=1S/C17H16N2O3S3/c20-15(4-3-12-5-9-23-11-12)18-6-7-19-16(21)14(25-17(19)22)10-13-2-1-8-24-13/h1-2,5,8-11H,3-4,6-7H2,(H,18,20)/b14-10+. The van der Waals surface area contributed by atoms with Gasteiger partial charge in [0.25, 0.3) is 11.1 Å². The van der Waals surface area contributed by atoms with Crippen LogP contribution in [0, 0.1) is 0 Å². The number of thioether (sulfide) groups is 1. The van der Waals surface area contributed by atoms with Gasteiger partial charge in [-0.3, -0.25) is 19.3 Å². The van der Waals surface area contributed by atoms with Gasteiger partial charge in [-0.1, -0.05) is 6.07 Å². The molecule has 2 aromatic rings. The summed E-state index contributed by atoms with van der Waals surface area (Å²) in [7, 11) is 0. The summed E-state index contributed by atoms with van der Waals surface area (Å²) < 4.78 is 0. The fourth-order valence-electron chi connectivity index (χ4n) is 2.28. The molecular formula is C17H16N2O3S3. The molecule has 5 nitrogen and oxygen atoms in total. The maximum atomic E-state index is 12.3. The van der Waals surface area contributed by atoms with Crippen LogP contribution >= 0.6 is 34.4 Å². The van der Waals surface area contributed by atoms with Gasteiger partial charge in [-0.15, -0.1) is 11.3 Å². The van der Waals surface area contributed by atoms with E-state index in [1.807, 2.05) is 34.3 Å². The van der Waals surface area contributed by atoms with E-state index in [0.717, 1.165) is 22.2 Å². The molecule has 1 aliphatic heterocycles. The minimum Gasteiger partial charge on any atom is -0.354 e. The Morgan fingerprint density at radius 1 is 1.24 bits per heavy atom. The average molecular weight is 393 g/mol. The number of rotatable bonds is 7. The Hall–Kier alpha value is -1.90. The molecule has 0 spiro atoms. The molecule has 1 N–H and O–H groups in total. The molecule has 3 amide bonds. The summed E-state index contributed by atoms with van der Waals surface area (Å²) >= 11 is 4.06. The van der Waals surface area contributed by atoms with Crippen molar-refractivity contribution in [1.82, 2.24) is 10.2 Å². The predicted octanol–water partition coefficient (Wildman–Crippen LogP) is 3.59. The second kappa shape index (κ2) is 8.46. The molecule has 0 radical (unpaired) electrons. The molecule has 0 aromatic carbocycles. The average Bonchev–Trinajstić information content (AvgIpc) is 3.32. The van der Waals surface area contributed by atoms with Crippen LogP contribution in [0.3, 0.4) is 0 Å². The molecular weight excluding hydrogens is 376 g/mol. The number of amides is 3. The van der Waals surface area contributed by atoms with E-state index < -0.39 is 0 Å². The van der Waals surface area contributed by atoms with Gasteiger partial charge in [0.05, 0.1) is 4.91 Å². The molecule has 25 heavy (non-hydrogen) atoms. The monoisotopic (exact) mass is 392 g/mol. The van der Waals surface area contributed by atoms with Gasteiger partial charge in [0.15, 0.2) is 0 Å². The van der Waals surface area contributed by atoms with E-state index in [9.17, 15) is 14.4 Å². The first-order chi connectivity index (χ1) is 12.1. The van der Waals surface area contributed by atoms with Crippen LogP contribution in [0.5, 0.6) is 0 Å². The van der Waals surface area contributed by atoms with Crippen molar-refractivity contribution >= 4 is 57.6 Å². The van der Waals surface area contributed by atoms with Crippen molar-refractivity contribution in [3.63, 3.8) is 0 Å². The van der Waals surface area contributed by atoms with Gasteiger partial charge in [0.1, 0.15) is 0 Å². The van der Waals surface area contributed by atoms with Crippen LogP contribution in [0.4, 0.5) is 4.79 Å². The Bertz CT molecular complexity index is 782. The smallest absolute Gasteiger partial charge is 0.293 e. The number of nitrogens with zero attached hydrogens (tertiary/aromatic N) is 1. The van der Waals surface area contributed by atoms with E-state index in [2.05, 4.69) is 5.32 Å². The molecule has 1 fully saturated rings. The minimum atomic E-state index is -0.295. The summed E-state index contributed by atoms with van der Waals surface area (Å²) in [6.07, 6.45) is 2.83. The third kappa shape index (κ3) is 4.81. The number of hydrogen-bond donors (Lipinski definition) is 1. The first-order valence-corrected chi connectivity index (χ1v) is 10.3. The summed E-state index contributed by atoms with van der Waals surface area (Å²) in [6.45, 7) is 0.462. The van der Waals surface area contributed by atoms with Gasteiger partial charge >= 0.3 is 0 Å². The van der Waals surface area contributed by atoms with E-state index >= 15 is 0 Å². The zero-order valence-corrected chi connectivity index (χ0v) is 15.7. The first kappa shape index (κ1) is 17.9. The zero-order chi connectivity index (χ0) is 17.6. The van der Waals surface area contributed by atoms with Crippen molar-refractivity contribution in [2.24, 2.45) is 0 Å². The Kier molecular flexibility index (Phi) is 6.06. The fourth-order valence-corrected chi connectivity index (χ4v) is 4.57. The topological polar surface area (TPSA) is 66.5 Å². The van der Waals surface area contributed by atoms with Crippen molar-refractivity contribution in [3.05, 3.63) is 49.7 Å². The summed E-state index contributed by atoms with van der Waals surface area (Å²) in [5, 5.41) is 8.40. The molecule has 8 heteroatoms. The normalized spacial score (nSPS) is 16.0. The molecule has 3 heterocycles. The SMILES string of the molecule is O=C(CCc1ccsc1)NCCN1C(=O)S/C(=C/c2cccs2)C1=O. The van der Waals surface area contributed by atoms with Gasteiger partial charge < -0.3 is 5.32 Å². The van der Waals surface area contributed by atoms with Crippen molar-refractivity contribution in [3.8, 4) is 0 Å². The summed E-state index contributed by atoms with van der Waals surface area (Å²) in [4.78, 5) is 38.7. The van der Waals surface area contributed by atoms with E-state index in [4.69, 9.17) is 0 Å². The third-order valence-corrected chi connectivity index (χ3v) is 6.03. The molecule has 130 valence electrons. The predicted molar refractivity (Wildman–Crippen MR) is 103 cm³/mol. The van der Waals surface area contributed by atoms with Crippen LogP contribution in [0.15, 0.2) is 39.2 Å². The van der Waals surface area contributed by atoms with Crippen LogP contribution in [0.2, 0.25) is 0 Å². The molecule has 0 unspecified atom stereocenters. The number of imide groups is 1. The Morgan fingerprint density at radius 2 is 2.12 bits per heavy atom. The van der Waals surface area contributed by atoms with Crippen LogP contribution in [-0.2, 0) is 16.0 Å². The second-order valence-corrected chi connectivity index (χ2v) is 8.08. The Morgan fingerprint density at radius 3 is 2.84 bits per heavy atom. The number of thiophene rings is 2. The molecule has 1 saturated heterocycles. The maximum absolute atomic E-state index is 12.3. The van der Waals surface area contributed by atoms with Crippen molar-refractivity contribution in [1.29, 1.82) is 0 Å². The highest BCUT2D eigenvalue weighted by molar-refractivity contribution is 8.18. The number of hydrogen-bond acceptors (Lipinski definition) is 6. The quantitative estimate of drug-likeness (QED) is 0.731. The lowest BCUT2D eigenvalue weighted by atomic mass is 10.2. The third-order valence-electron chi connectivity index (χ3n) is 3.57. The fraction of sp³-hybridized carbons (Fsp3) is 0.235. The molecule has 0 bridgehead atoms. The number of aryl methyl sites for hydroxylation is 1. The maximum Gasteiger partial charge on any atom is 0.293 e. The zero-order valence-electron chi connectivity index (χ0n) is 13.3. The Balaban J connectivity index is 1.45. The van der Waals surface area contributed by atoms with Gasteiger partial charge in [-0.25, -0.2) is 0 Å². The molecule has 3 rings (SSSR count). The summed E-state index contributed by atoms with van der Waals surface area (Å²) in [6, 6.07) is 5.79. The molecule has 0 aliphatic carbocycles. The van der Waals surface area contributed by atoms with Gasteiger partial charge in [0.2, 0.25) is 5.91 Å². The second-order valence-electron chi connectivity index (χ2n) is 5.33. The lowest BCUT2D eigenvalue weighted by Crippen LogP contribution is -2.37. The number of carbonyl (C=O) groups excluding carboxylic acids is 3. The Labute approximate surface area is 157 Å². The van der Waals surface area contributed by atoms with Gasteiger partial charge in [-0.05, 0) is 58.1 Å². The lowest BCUT2D eigenvalue weighted by molar-refractivity contribution is -0.124. The van der Waals surface area contributed by atoms with E-state index in [0.29, 0.717) is 17.7 Å². The number of carbonyl (C=O) groups is 3. The summed E-state index contributed by atoms with van der Waals surface area (Å²) in [5.74, 6) is -0.372. The van der Waals surface area contributed by atoms with Crippen molar-refractivity contribution in [2.75, 3.05) is 13.1 Å². The van der Waals surface area contributed by atoms with Gasteiger partial charge in [-0.2, -0.15) is 11.3 Å². The lowest BCUT2D eigenvalue weighted by Gasteiger charge is -2.12. The van der Waals surface area contributed by atoms with Crippen LogP contribution in [0.1, 0.15) is 16.9 Å². The van der Waals surface area contributed by atoms with E-state index in [1.54, 1.807) is 17.4 Å². The molecule has 2 aromatic heterocycles. The first-order valence-electron chi connectivity index (χ1n) is 7.70. The van der Waals surface area contributed by atoms with E-state index in [-0.39, 0.29) is 30.1 Å². The van der Waals surface area contributed by atoms with Crippen molar-refractivity contribution in [2.45, 2.75) is 12.8 Å². The highest BCUT2D eigenvalue weighted by Crippen LogP contribution is 2.32. The van der Waals surface area contributed by atoms with Crippen LogP contribution in [-0.4, -0.2) is 35.0 Å². The molecule has 1 aliphatic rings. The number of nitrogens with one attached hydrogen (secondary N) is 1. The highest BCUT2D eigenvalue weighted by Gasteiger charge is 2.34. The van der Waals surface area contributed by atoms with Crippen molar-refractivity contribution < 1.29 is 14.4 Å². The van der Waals surface area contributed by atoms with E-state index in [1.165, 1.54) is 16.2 Å². The highest BCUT2D eigenvalue weighted by atomic mass is 32.2.